The van der Waals surface area contributed by atoms with Gasteiger partial charge in [0.2, 0.25) is 0 Å². The minimum Gasteiger partial charge on any atom is -0.508 e. The second kappa shape index (κ2) is 5.41. The number of hydrogen-bond donors (Lipinski definition) is 3. The quantitative estimate of drug-likeness (QED) is 0.668. The maximum Gasteiger partial charge on any atom is 0.254 e. The normalized spacial score (nSPS) is 11.0. The molecule has 8 nitrogen and oxygen atoms in total. The summed E-state index contributed by atoms with van der Waals surface area (Å²) in [5.74, 6) is -0.430. The van der Waals surface area contributed by atoms with Gasteiger partial charge in [0, 0.05) is 24.4 Å². The molecule has 0 bridgehead atoms. The van der Waals surface area contributed by atoms with Crippen molar-refractivity contribution in [2.75, 3.05) is 5.73 Å². The van der Waals surface area contributed by atoms with E-state index in [9.17, 15) is 9.90 Å². The smallest absolute Gasteiger partial charge is 0.254 e. The summed E-state index contributed by atoms with van der Waals surface area (Å²) in [6.45, 7) is 3.63. The highest BCUT2D eigenvalue weighted by Gasteiger charge is 2.24. The van der Waals surface area contributed by atoms with Crippen molar-refractivity contribution >= 4 is 11.7 Å². The van der Waals surface area contributed by atoms with Crippen LogP contribution in [0.15, 0.2) is 24.5 Å². The van der Waals surface area contributed by atoms with Crippen LogP contribution in [-0.4, -0.2) is 30.6 Å². The van der Waals surface area contributed by atoms with E-state index in [0.29, 0.717) is 22.5 Å². The molecular weight excluding hydrogens is 308 g/mol. The Morgan fingerprint density at radius 2 is 2.00 bits per heavy atom. The molecule has 0 radical (unpaired) electrons. The van der Waals surface area contributed by atoms with E-state index in [1.807, 2.05) is 6.92 Å². The first kappa shape index (κ1) is 15.6. The predicted molar refractivity (Wildman–Crippen MR) is 89.8 cm³/mol. The Bertz CT molecular complexity index is 954. The number of phenolic OH excluding ortho intramolecular Hbond substituents is 1. The Kier molecular flexibility index (Phi) is 3.52. The van der Waals surface area contributed by atoms with Gasteiger partial charge in [0.25, 0.3) is 5.91 Å². The van der Waals surface area contributed by atoms with Gasteiger partial charge in [-0.3, -0.25) is 9.48 Å². The molecule has 124 valence electrons. The zero-order chi connectivity index (χ0) is 17.6. The van der Waals surface area contributed by atoms with Crippen LogP contribution in [0.1, 0.15) is 21.5 Å². The molecule has 0 fully saturated rings. The molecule has 3 aromatic rings. The third kappa shape index (κ3) is 2.28. The summed E-state index contributed by atoms with van der Waals surface area (Å²) in [5.41, 5.74) is 14.9. The predicted octanol–water partition coefficient (Wildman–Crippen LogP) is 1.28. The summed E-state index contributed by atoms with van der Waals surface area (Å²) in [6, 6.07) is 3.36. The summed E-state index contributed by atoms with van der Waals surface area (Å²) in [7, 11) is 1.76. The van der Waals surface area contributed by atoms with Gasteiger partial charge in [-0.25, -0.2) is 4.68 Å². The van der Waals surface area contributed by atoms with E-state index in [1.165, 1.54) is 4.68 Å². The highest BCUT2D eigenvalue weighted by Crippen LogP contribution is 2.33. The van der Waals surface area contributed by atoms with Crippen LogP contribution >= 0.6 is 0 Å². The Morgan fingerprint density at radius 1 is 1.29 bits per heavy atom. The summed E-state index contributed by atoms with van der Waals surface area (Å²) < 4.78 is 3.03. The number of phenols is 1. The van der Waals surface area contributed by atoms with E-state index in [0.717, 1.165) is 5.56 Å². The maximum absolute atomic E-state index is 11.9. The molecule has 24 heavy (non-hydrogen) atoms. The van der Waals surface area contributed by atoms with E-state index in [2.05, 4.69) is 10.2 Å². The minimum absolute atomic E-state index is 0.119. The number of aromatic nitrogens is 4. The highest BCUT2D eigenvalue weighted by atomic mass is 16.3. The van der Waals surface area contributed by atoms with Crippen molar-refractivity contribution in [2.24, 2.45) is 12.8 Å². The maximum atomic E-state index is 11.9. The van der Waals surface area contributed by atoms with Gasteiger partial charge in [0.05, 0.1) is 11.9 Å². The number of hydrogen-bond acceptors (Lipinski definition) is 5. The largest absolute Gasteiger partial charge is 0.508 e. The molecule has 0 aliphatic heterocycles. The number of nitrogen functional groups attached to an aromatic ring is 1. The number of carbonyl (C=O) groups is 1. The van der Waals surface area contributed by atoms with Crippen LogP contribution < -0.4 is 11.5 Å². The fourth-order valence-electron chi connectivity index (χ4n) is 2.74. The molecule has 0 unspecified atom stereocenters. The number of aromatic hydroxyl groups is 1. The van der Waals surface area contributed by atoms with Crippen molar-refractivity contribution in [3.05, 3.63) is 41.2 Å². The van der Waals surface area contributed by atoms with Crippen LogP contribution in [0.4, 0.5) is 5.82 Å². The van der Waals surface area contributed by atoms with Crippen molar-refractivity contribution in [1.29, 1.82) is 0 Å². The fourth-order valence-corrected chi connectivity index (χ4v) is 2.74. The molecule has 0 spiro atoms. The molecule has 1 aromatic carbocycles. The second-order valence-electron chi connectivity index (χ2n) is 5.66. The minimum atomic E-state index is -0.673. The molecule has 0 aliphatic rings. The lowest BCUT2D eigenvalue weighted by molar-refractivity contribution is 0.100. The Morgan fingerprint density at radius 3 is 2.58 bits per heavy atom. The average molecular weight is 326 g/mol. The zero-order valence-corrected chi connectivity index (χ0v) is 13.6. The average Bonchev–Trinajstić information content (AvgIpc) is 3.08. The topological polar surface area (TPSA) is 125 Å². The molecule has 1 amide bonds. The summed E-state index contributed by atoms with van der Waals surface area (Å²) >= 11 is 0. The number of primary amides is 1. The molecule has 0 saturated carbocycles. The zero-order valence-electron chi connectivity index (χ0n) is 13.6. The van der Waals surface area contributed by atoms with Crippen molar-refractivity contribution in [2.45, 2.75) is 13.8 Å². The molecule has 2 heterocycles. The van der Waals surface area contributed by atoms with Gasteiger partial charge in [-0.05, 0) is 25.5 Å². The first-order valence-corrected chi connectivity index (χ1v) is 7.28. The fraction of sp³-hybridized carbons (Fsp3) is 0.188. The van der Waals surface area contributed by atoms with Gasteiger partial charge in [-0.2, -0.15) is 10.2 Å². The third-order valence-electron chi connectivity index (χ3n) is 3.96. The molecule has 0 atom stereocenters. The standard InChI is InChI=1S/C16H18N6O2/c1-8-4-5-11(23)9(2)14(8)22-15(17)12(16(18)24)13(20-22)10-6-19-21(3)7-10/h4-7,23H,17H2,1-3H3,(H2,18,24). The van der Waals surface area contributed by atoms with E-state index < -0.39 is 5.91 Å². The monoisotopic (exact) mass is 326 g/mol. The van der Waals surface area contributed by atoms with E-state index in [4.69, 9.17) is 11.5 Å². The van der Waals surface area contributed by atoms with Crippen LogP contribution in [0, 0.1) is 13.8 Å². The van der Waals surface area contributed by atoms with Crippen molar-refractivity contribution in [3.63, 3.8) is 0 Å². The Balaban J connectivity index is 2.32. The summed E-state index contributed by atoms with van der Waals surface area (Å²) in [5, 5.41) is 18.6. The van der Waals surface area contributed by atoms with Gasteiger partial charge < -0.3 is 16.6 Å². The van der Waals surface area contributed by atoms with Crippen molar-refractivity contribution < 1.29 is 9.90 Å². The lowest BCUT2D eigenvalue weighted by Gasteiger charge is -2.12. The van der Waals surface area contributed by atoms with Crippen LogP contribution in [0.25, 0.3) is 16.9 Å². The number of nitrogens with zero attached hydrogens (tertiary/aromatic N) is 4. The van der Waals surface area contributed by atoms with Gasteiger partial charge in [0.15, 0.2) is 0 Å². The lowest BCUT2D eigenvalue weighted by atomic mass is 10.1. The second-order valence-corrected chi connectivity index (χ2v) is 5.66. The number of benzene rings is 1. The molecule has 3 rings (SSSR count). The molecule has 0 saturated heterocycles. The number of anilines is 1. The summed E-state index contributed by atoms with van der Waals surface area (Å²) in [4.78, 5) is 11.9. The Hall–Kier alpha value is -3.29. The Labute approximate surface area is 138 Å². The number of amides is 1. The van der Waals surface area contributed by atoms with Gasteiger partial charge in [-0.15, -0.1) is 0 Å². The first-order chi connectivity index (χ1) is 11.3. The lowest BCUT2D eigenvalue weighted by Crippen LogP contribution is -2.14. The van der Waals surface area contributed by atoms with Crippen LogP contribution in [0.2, 0.25) is 0 Å². The van der Waals surface area contributed by atoms with Crippen molar-refractivity contribution in [1.82, 2.24) is 19.6 Å². The number of nitrogens with two attached hydrogens (primary N) is 2. The molecule has 8 heteroatoms. The third-order valence-corrected chi connectivity index (χ3v) is 3.96. The van der Waals surface area contributed by atoms with E-state index in [1.54, 1.807) is 43.2 Å². The van der Waals surface area contributed by atoms with E-state index >= 15 is 0 Å². The van der Waals surface area contributed by atoms with Gasteiger partial charge >= 0.3 is 0 Å². The van der Waals surface area contributed by atoms with Gasteiger partial charge in [-0.1, -0.05) is 6.07 Å². The molecule has 2 aromatic heterocycles. The number of aryl methyl sites for hydroxylation is 2. The van der Waals surface area contributed by atoms with Gasteiger partial charge in [0.1, 0.15) is 22.8 Å². The molecular formula is C16H18N6O2. The number of carbonyl (C=O) groups excluding carboxylic acids is 1. The van der Waals surface area contributed by atoms with E-state index in [-0.39, 0.29) is 17.1 Å². The molecule has 0 aliphatic carbocycles. The van der Waals surface area contributed by atoms with Crippen molar-refractivity contribution in [3.8, 4) is 22.7 Å². The van der Waals surface area contributed by atoms with Crippen LogP contribution in [0.3, 0.4) is 0 Å². The first-order valence-electron chi connectivity index (χ1n) is 7.28. The van der Waals surface area contributed by atoms with Crippen LogP contribution in [-0.2, 0) is 7.05 Å². The van der Waals surface area contributed by atoms with Crippen LogP contribution in [0.5, 0.6) is 5.75 Å². The SMILES string of the molecule is Cc1ccc(O)c(C)c1-n1nc(-c2cnn(C)c2)c(C(N)=O)c1N. The highest BCUT2D eigenvalue weighted by molar-refractivity contribution is 6.03. The number of rotatable bonds is 3. The summed E-state index contributed by atoms with van der Waals surface area (Å²) in [6.07, 6.45) is 3.31. The molecule has 5 N–H and O–H groups in total.